The number of rotatable bonds is 6. The van der Waals surface area contributed by atoms with Gasteiger partial charge in [0.2, 0.25) is 15.9 Å². The fraction of sp³-hybridized carbons (Fsp3) is 0.273. The van der Waals surface area contributed by atoms with Crippen LogP contribution in [0.3, 0.4) is 0 Å². The number of hydrogen-bond acceptors (Lipinski definition) is 5. The van der Waals surface area contributed by atoms with Crippen LogP contribution in [0, 0.1) is 0 Å². The minimum absolute atomic E-state index is 0.0323. The van der Waals surface area contributed by atoms with Gasteiger partial charge in [0, 0.05) is 6.54 Å². The summed E-state index contributed by atoms with van der Waals surface area (Å²) in [5.74, 6) is -1.76. The maximum absolute atomic E-state index is 11.5. The molecule has 0 spiro atoms. The highest BCUT2D eigenvalue weighted by Crippen LogP contribution is 2.08. The third kappa shape index (κ3) is 4.96. The molecule has 0 bridgehead atoms. The molecule has 0 aliphatic carbocycles. The number of aliphatic carboxylic acids is 1. The number of carboxylic acid groups (broad SMARTS) is 1. The van der Waals surface area contributed by atoms with Gasteiger partial charge in [0.1, 0.15) is 0 Å². The molecule has 1 aromatic carbocycles. The molecule has 0 aliphatic rings. The smallest absolute Gasteiger partial charge is 0.305 e. The van der Waals surface area contributed by atoms with Crippen LogP contribution in [-0.4, -0.2) is 31.4 Å². The van der Waals surface area contributed by atoms with E-state index in [2.05, 4.69) is 5.32 Å². The third-order valence-corrected chi connectivity index (χ3v) is 3.38. The van der Waals surface area contributed by atoms with E-state index in [4.69, 9.17) is 16.0 Å². The fourth-order valence-corrected chi connectivity index (χ4v) is 1.91. The van der Waals surface area contributed by atoms with Crippen LogP contribution in [0.2, 0.25) is 0 Å². The summed E-state index contributed by atoms with van der Waals surface area (Å²) in [6.45, 7) is 0.108. The number of nitrogens with two attached hydrogens (primary N) is 2. The number of hydrogen-bond donors (Lipinski definition) is 4. The monoisotopic (exact) mass is 301 g/mol. The van der Waals surface area contributed by atoms with Gasteiger partial charge in [0.05, 0.1) is 17.4 Å². The van der Waals surface area contributed by atoms with Crippen LogP contribution in [0.25, 0.3) is 0 Å². The summed E-state index contributed by atoms with van der Waals surface area (Å²) >= 11 is 0. The summed E-state index contributed by atoms with van der Waals surface area (Å²) in [6.07, 6.45) is -0.462. The number of nitrogens with one attached hydrogen (secondary N) is 1. The van der Waals surface area contributed by atoms with E-state index in [0.29, 0.717) is 5.56 Å². The van der Waals surface area contributed by atoms with Crippen LogP contribution in [0.1, 0.15) is 12.0 Å². The molecule has 0 fully saturated rings. The molecule has 0 aliphatic heterocycles. The molecule has 1 amide bonds. The van der Waals surface area contributed by atoms with Gasteiger partial charge in [-0.3, -0.25) is 9.59 Å². The average molecular weight is 301 g/mol. The standard InChI is InChI=1S/C11H15N3O5S/c12-9(5-10(15)16)11(17)14-6-7-1-3-8(4-2-7)20(13,18)19/h1-4,9H,5-6,12H2,(H,14,17)(H,15,16)(H2,13,18,19). The van der Waals surface area contributed by atoms with Gasteiger partial charge >= 0.3 is 5.97 Å². The van der Waals surface area contributed by atoms with Crippen LogP contribution < -0.4 is 16.2 Å². The predicted molar refractivity (Wildman–Crippen MR) is 69.9 cm³/mol. The Morgan fingerprint density at radius 1 is 1.25 bits per heavy atom. The zero-order valence-electron chi connectivity index (χ0n) is 10.4. The topological polar surface area (TPSA) is 153 Å². The van der Waals surface area contributed by atoms with Gasteiger partial charge in [-0.05, 0) is 17.7 Å². The van der Waals surface area contributed by atoms with Crippen LogP contribution >= 0.6 is 0 Å². The maximum Gasteiger partial charge on any atom is 0.305 e. The van der Waals surface area contributed by atoms with Gasteiger partial charge < -0.3 is 16.2 Å². The molecule has 110 valence electrons. The van der Waals surface area contributed by atoms with Crippen LogP contribution in [0.4, 0.5) is 0 Å². The Morgan fingerprint density at radius 3 is 2.25 bits per heavy atom. The molecular weight excluding hydrogens is 286 g/mol. The molecule has 1 atom stereocenters. The summed E-state index contributed by atoms with van der Waals surface area (Å²) in [5.41, 5.74) is 6.01. The molecule has 1 unspecified atom stereocenters. The molecule has 6 N–H and O–H groups in total. The van der Waals surface area contributed by atoms with E-state index in [9.17, 15) is 18.0 Å². The lowest BCUT2D eigenvalue weighted by atomic mass is 10.2. The molecule has 9 heteroatoms. The number of carbonyl (C=O) groups excluding carboxylic acids is 1. The molecule has 8 nitrogen and oxygen atoms in total. The van der Waals surface area contributed by atoms with Crippen molar-refractivity contribution in [1.29, 1.82) is 0 Å². The number of primary sulfonamides is 1. The number of amides is 1. The summed E-state index contributed by atoms with van der Waals surface area (Å²) in [4.78, 5) is 21.8. The van der Waals surface area contributed by atoms with Crippen LogP contribution in [0.5, 0.6) is 0 Å². The van der Waals surface area contributed by atoms with Gasteiger partial charge in [-0.2, -0.15) is 0 Å². The number of benzene rings is 1. The van der Waals surface area contributed by atoms with Crippen molar-refractivity contribution >= 4 is 21.9 Å². The zero-order chi connectivity index (χ0) is 15.3. The summed E-state index contributed by atoms with van der Waals surface area (Å²) in [5, 5.41) is 15.9. The second kappa shape index (κ2) is 6.46. The van der Waals surface area contributed by atoms with Crippen LogP contribution in [-0.2, 0) is 26.2 Å². The van der Waals surface area contributed by atoms with Gasteiger partial charge in [0.15, 0.2) is 0 Å². The lowest BCUT2D eigenvalue weighted by Crippen LogP contribution is -2.41. The highest BCUT2D eigenvalue weighted by molar-refractivity contribution is 7.89. The molecule has 0 saturated heterocycles. The minimum atomic E-state index is -3.75. The van der Waals surface area contributed by atoms with Gasteiger partial charge in [-0.15, -0.1) is 0 Å². The highest BCUT2D eigenvalue weighted by atomic mass is 32.2. The summed E-state index contributed by atoms with van der Waals surface area (Å²) < 4.78 is 22.1. The third-order valence-electron chi connectivity index (χ3n) is 2.45. The van der Waals surface area contributed by atoms with E-state index in [-0.39, 0.29) is 11.4 Å². The van der Waals surface area contributed by atoms with Crippen molar-refractivity contribution in [3.63, 3.8) is 0 Å². The molecule has 20 heavy (non-hydrogen) atoms. The Labute approximate surface area is 115 Å². The fourth-order valence-electron chi connectivity index (χ4n) is 1.40. The quantitative estimate of drug-likeness (QED) is 0.515. The molecule has 1 aromatic rings. The first-order chi connectivity index (χ1) is 9.20. The van der Waals surface area contributed by atoms with Gasteiger partial charge in [-0.1, -0.05) is 12.1 Å². The molecule has 0 aromatic heterocycles. The lowest BCUT2D eigenvalue weighted by Gasteiger charge is -2.10. The number of carboxylic acids is 1. The Morgan fingerprint density at radius 2 is 1.80 bits per heavy atom. The second-order valence-electron chi connectivity index (χ2n) is 4.11. The second-order valence-corrected chi connectivity index (χ2v) is 5.67. The van der Waals surface area contributed by atoms with Crippen molar-refractivity contribution in [3.05, 3.63) is 29.8 Å². The van der Waals surface area contributed by atoms with Gasteiger partial charge in [-0.25, -0.2) is 13.6 Å². The SMILES string of the molecule is NC(CC(=O)O)C(=O)NCc1ccc(S(N)(=O)=O)cc1. The van der Waals surface area contributed by atoms with Crippen molar-refractivity contribution in [3.8, 4) is 0 Å². The molecule has 0 saturated carbocycles. The minimum Gasteiger partial charge on any atom is -0.481 e. The van der Waals surface area contributed by atoms with E-state index < -0.39 is 34.4 Å². The summed E-state index contributed by atoms with van der Waals surface area (Å²) in [6, 6.07) is 4.48. The van der Waals surface area contributed by atoms with Crippen molar-refractivity contribution in [2.24, 2.45) is 10.9 Å². The Hall–Kier alpha value is -1.97. The maximum atomic E-state index is 11.5. The van der Waals surface area contributed by atoms with Crippen molar-refractivity contribution in [2.45, 2.75) is 23.9 Å². The molecule has 1 rings (SSSR count). The first-order valence-corrected chi connectivity index (χ1v) is 7.11. The van der Waals surface area contributed by atoms with Crippen LogP contribution in [0.15, 0.2) is 29.2 Å². The number of carbonyl (C=O) groups is 2. The van der Waals surface area contributed by atoms with E-state index in [0.717, 1.165) is 0 Å². The van der Waals surface area contributed by atoms with Crippen molar-refractivity contribution in [2.75, 3.05) is 0 Å². The number of sulfonamides is 1. The first-order valence-electron chi connectivity index (χ1n) is 5.57. The Kier molecular flexibility index (Phi) is 5.19. The lowest BCUT2D eigenvalue weighted by molar-refractivity contribution is -0.139. The zero-order valence-corrected chi connectivity index (χ0v) is 11.3. The van der Waals surface area contributed by atoms with Gasteiger partial charge in [0.25, 0.3) is 0 Å². The normalized spacial score (nSPS) is 12.7. The molecular formula is C11H15N3O5S. The average Bonchev–Trinajstić information content (AvgIpc) is 2.34. The van der Waals surface area contributed by atoms with Crippen molar-refractivity contribution < 1.29 is 23.1 Å². The largest absolute Gasteiger partial charge is 0.481 e. The Bertz CT molecular complexity index is 597. The predicted octanol–water partition coefficient (Wildman–Crippen LogP) is -1.25. The summed E-state index contributed by atoms with van der Waals surface area (Å²) in [7, 11) is -3.75. The van der Waals surface area contributed by atoms with E-state index in [1.54, 1.807) is 0 Å². The highest BCUT2D eigenvalue weighted by Gasteiger charge is 2.16. The van der Waals surface area contributed by atoms with E-state index in [1.165, 1.54) is 24.3 Å². The Balaban J connectivity index is 2.58. The molecule has 0 radical (unpaired) electrons. The molecule has 0 heterocycles. The van der Waals surface area contributed by atoms with E-state index >= 15 is 0 Å². The first kappa shape index (κ1) is 16.1. The van der Waals surface area contributed by atoms with E-state index in [1.807, 2.05) is 0 Å². The van der Waals surface area contributed by atoms with Crippen molar-refractivity contribution in [1.82, 2.24) is 5.32 Å².